The molecule has 2 aromatic heterocycles. The molecule has 2 rings (SSSR count). The zero-order valence-electron chi connectivity index (χ0n) is 6.23. The number of carbonyl (C=O) groups is 1. The number of carboxylic acid groups (broad SMARTS) is 1. The first-order chi connectivity index (χ1) is 5.79. The van der Waals surface area contributed by atoms with E-state index in [0.717, 1.165) is 0 Å². The summed E-state index contributed by atoms with van der Waals surface area (Å²) in [6, 6.07) is 6.75. The number of aromatic carboxylic acids is 1. The van der Waals surface area contributed by atoms with E-state index >= 15 is 0 Å². The molecule has 0 unspecified atom stereocenters. The summed E-state index contributed by atoms with van der Waals surface area (Å²) >= 11 is 0. The third-order valence-electron chi connectivity index (χ3n) is 1.78. The average molecular weight is 160 g/mol. The Morgan fingerprint density at radius 3 is 2.58 bits per heavy atom. The summed E-state index contributed by atoms with van der Waals surface area (Å²) in [5, 5.41) is 10.6. The number of nitrogens with zero attached hydrogens (tertiary/aromatic N) is 1. The molecule has 2 aromatic rings. The molecule has 0 aliphatic carbocycles. The lowest BCUT2D eigenvalue weighted by atomic mass is 10.2. The van der Waals surface area contributed by atoms with Crippen LogP contribution in [0, 0.1) is 0 Å². The molecule has 0 fully saturated rings. The molecule has 0 amide bonds. The summed E-state index contributed by atoms with van der Waals surface area (Å²) < 4.78 is 1.74. The van der Waals surface area contributed by atoms with Crippen LogP contribution in [0.15, 0.2) is 36.7 Å². The largest absolute Gasteiger partial charge is 0.545 e. The Morgan fingerprint density at radius 1 is 1.25 bits per heavy atom. The quantitative estimate of drug-likeness (QED) is 0.602. The Kier molecular flexibility index (Phi) is 1.37. The maximum atomic E-state index is 10.6. The van der Waals surface area contributed by atoms with Crippen molar-refractivity contribution in [3.05, 3.63) is 42.2 Å². The molecule has 0 spiro atoms. The van der Waals surface area contributed by atoms with Crippen LogP contribution in [0.25, 0.3) is 5.52 Å². The smallest absolute Gasteiger partial charge is 0.0736 e. The van der Waals surface area contributed by atoms with E-state index in [-0.39, 0.29) is 5.56 Å². The predicted octanol–water partition coefficient (Wildman–Crippen LogP) is 0.303. The SMILES string of the molecule is O=C([O-])c1cccn2cccc12. The van der Waals surface area contributed by atoms with E-state index < -0.39 is 5.97 Å². The molecule has 0 atom stereocenters. The summed E-state index contributed by atoms with van der Waals surface area (Å²) in [6.07, 6.45) is 3.59. The van der Waals surface area contributed by atoms with Crippen molar-refractivity contribution in [3.8, 4) is 0 Å². The maximum Gasteiger partial charge on any atom is 0.0736 e. The molecule has 0 saturated heterocycles. The summed E-state index contributed by atoms with van der Waals surface area (Å²) in [5.41, 5.74) is 0.889. The van der Waals surface area contributed by atoms with Gasteiger partial charge in [0.05, 0.1) is 11.5 Å². The highest BCUT2D eigenvalue weighted by atomic mass is 16.4. The minimum atomic E-state index is -1.14. The summed E-state index contributed by atoms with van der Waals surface area (Å²) in [7, 11) is 0. The van der Waals surface area contributed by atoms with Crippen LogP contribution < -0.4 is 5.11 Å². The minimum Gasteiger partial charge on any atom is -0.545 e. The Labute approximate surface area is 68.9 Å². The lowest BCUT2D eigenvalue weighted by Crippen LogP contribution is -2.22. The molecule has 3 nitrogen and oxygen atoms in total. The third kappa shape index (κ3) is 0.871. The van der Waals surface area contributed by atoms with Gasteiger partial charge in [0.25, 0.3) is 0 Å². The van der Waals surface area contributed by atoms with E-state index in [4.69, 9.17) is 0 Å². The highest BCUT2D eigenvalue weighted by Crippen LogP contribution is 2.09. The third-order valence-corrected chi connectivity index (χ3v) is 1.78. The summed E-state index contributed by atoms with van der Waals surface area (Å²) in [6.45, 7) is 0. The van der Waals surface area contributed by atoms with Gasteiger partial charge in [-0.05, 0) is 24.3 Å². The van der Waals surface area contributed by atoms with Crippen molar-refractivity contribution in [3.63, 3.8) is 0 Å². The van der Waals surface area contributed by atoms with Crippen molar-refractivity contribution in [2.24, 2.45) is 0 Å². The van der Waals surface area contributed by atoms with Gasteiger partial charge >= 0.3 is 0 Å². The molecular weight excluding hydrogens is 154 g/mol. The van der Waals surface area contributed by atoms with Gasteiger partial charge in [0, 0.05) is 18.0 Å². The van der Waals surface area contributed by atoms with Gasteiger partial charge in [0.15, 0.2) is 0 Å². The zero-order valence-corrected chi connectivity index (χ0v) is 6.23. The first kappa shape index (κ1) is 6.91. The van der Waals surface area contributed by atoms with Crippen LogP contribution in [0.4, 0.5) is 0 Å². The Morgan fingerprint density at radius 2 is 1.92 bits per heavy atom. The van der Waals surface area contributed by atoms with Crippen molar-refractivity contribution < 1.29 is 9.90 Å². The van der Waals surface area contributed by atoms with Crippen LogP contribution in [-0.2, 0) is 0 Å². The lowest BCUT2D eigenvalue weighted by Gasteiger charge is -2.04. The van der Waals surface area contributed by atoms with Gasteiger partial charge in [-0.2, -0.15) is 0 Å². The first-order valence-corrected chi connectivity index (χ1v) is 3.56. The normalized spacial score (nSPS) is 10.3. The molecule has 12 heavy (non-hydrogen) atoms. The molecule has 0 saturated carbocycles. The molecule has 0 aromatic carbocycles. The minimum absolute atomic E-state index is 0.225. The number of rotatable bonds is 1. The fraction of sp³-hybridized carbons (Fsp3) is 0. The fourth-order valence-corrected chi connectivity index (χ4v) is 1.24. The summed E-state index contributed by atoms with van der Waals surface area (Å²) in [5.74, 6) is -1.14. The number of aromatic nitrogens is 1. The van der Waals surface area contributed by atoms with Crippen LogP contribution >= 0.6 is 0 Å². The number of hydrogen-bond donors (Lipinski definition) is 0. The van der Waals surface area contributed by atoms with Crippen LogP contribution in [0.5, 0.6) is 0 Å². The second kappa shape index (κ2) is 2.37. The molecule has 2 heterocycles. The zero-order chi connectivity index (χ0) is 8.55. The fourth-order valence-electron chi connectivity index (χ4n) is 1.24. The van der Waals surface area contributed by atoms with Gasteiger partial charge in [-0.3, -0.25) is 0 Å². The Hall–Kier alpha value is -1.77. The average Bonchev–Trinajstić information content (AvgIpc) is 2.49. The van der Waals surface area contributed by atoms with E-state index in [2.05, 4.69) is 0 Å². The van der Waals surface area contributed by atoms with Gasteiger partial charge in [0.1, 0.15) is 0 Å². The van der Waals surface area contributed by atoms with Crippen LogP contribution in [0.2, 0.25) is 0 Å². The Balaban J connectivity index is 2.82. The molecule has 0 aliphatic heterocycles. The standard InChI is InChI=1S/C9H7NO2/c11-9(12)7-3-1-5-10-6-2-4-8(7)10/h1-6H,(H,11,12)/p-1. The predicted molar refractivity (Wildman–Crippen MR) is 41.7 cm³/mol. The van der Waals surface area contributed by atoms with Gasteiger partial charge in [0.2, 0.25) is 0 Å². The molecule has 0 radical (unpaired) electrons. The van der Waals surface area contributed by atoms with Crippen molar-refractivity contribution in [1.29, 1.82) is 0 Å². The van der Waals surface area contributed by atoms with Crippen molar-refractivity contribution >= 4 is 11.5 Å². The second-order valence-electron chi connectivity index (χ2n) is 2.51. The lowest BCUT2D eigenvalue weighted by molar-refractivity contribution is -0.254. The number of hydrogen-bond acceptors (Lipinski definition) is 2. The molecular formula is C9H6NO2-. The van der Waals surface area contributed by atoms with Crippen LogP contribution in [0.1, 0.15) is 10.4 Å². The van der Waals surface area contributed by atoms with E-state index in [1.165, 1.54) is 6.07 Å². The molecule has 0 aliphatic rings. The number of carbonyl (C=O) groups excluding carboxylic acids is 1. The molecule has 0 N–H and O–H groups in total. The number of fused-ring (bicyclic) bond motifs is 1. The topological polar surface area (TPSA) is 44.5 Å². The summed E-state index contributed by atoms with van der Waals surface area (Å²) in [4.78, 5) is 10.6. The van der Waals surface area contributed by atoms with Crippen molar-refractivity contribution in [1.82, 2.24) is 4.40 Å². The monoisotopic (exact) mass is 160 g/mol. The van der Waals surface area contributed by atoms with Crippen LogP contribution in [-0.4, -0.2) is 10.4 Å². The van der Waals surface area contributed by atoms with Gasteiger partial charge in [-0.25, -0.2) is 0 Å². The number of carboxylic acids is 1. The van der Waals surface area contributed by atoms with E-state index in [9.17, 15) is 9.90 Å². The first-order valence-electron chi connectivity index (χ1n) is 3.56. The van der Waals surface area contributed by atoms with Crippen LogP contribution in [0.3, 0.4) is 0 Å². The second-order valence-corrected chi connectivity index (χ2v) is 2.51. The van der Waals surface area contributed by atoms with Gasteiger partial charge in [-0.15, -0.1) is 0 Å². The molecule has 0 bridgehead atoms. The molecule has 3 heteroatoms. The van der Waals surface area contributed by atoms with E-state index in [0.29, 0.717) is 5.52 Å². The van der Waals surface area contributed by atoms with E-state index in [1.807, 2.05) is 0 Å². The molecule has 60 valence electrons. The van der Waals surface area contributed by atoms with E-state index in [1.54, 1.807) is 35.0 Å². The Bertz CT molecular complexity index is 431. The van der Waals surface area contributed by atoms with Crippen molar-refractivity contribution in [2.45, 2.75) is 0 Å². The van der Waals surface area contributed by atoms with Gasteiger partial charge < -0.3 is 14.3 Å². The highest BCUT2D eigenvalue weighted by molar-refractivity contribution is 5.94. The highest BCUT2D eigenvalue weighted by Gasteiger charge is 1.99. The number of pyridine rings is 1. The van der Waals surface area contributed by atoms with Crippen molar-refractivity contribution in [2.75, 3.05) is 0 Å². The maximum absolute atomic E-state index is 10.6. The van der Waals surface area contributed by atoms with Gasteiger partial charge in [-0.1, -0.05) is 0 Å².